The molecule has 1 heterocycles. The van der Waals surface area contributed by atoms with Crippen molar-refractivity contribution in [1.29, 1.82) is 0 Å². The first-order valence-corrected chi connectivity index (χ1v) is 8.51. The van der Waals surface area contributed by atoms with E-state index in [1.54, 1.807) is 18.2 Å². The van der Waals surface area contributed by atoms with Crippen LogP contribution in [0.1, 0.15) is 5.56 Å². The van der Waals surface area contributed by atoms with E-state index in [9.17, 15) is 12.8 Å². The molecule has 23 heavy (non-hydrogen) atoms. The third-order valence-corrected chi connectivity index (χ3v) is 5.35. The predicted octanol–water partition coefficient (Wildman–Crippen LogP) is 2.42. The van der Waals surface area contributed by atoms with Crippen LogP contribution in [0.5, 0.6) is 11.5 Å². The van der Waals surface area contributed by atoms with E-state index in [4.69, 9.17) is 9.47 Å². The van der Waals surface area contributed by atoms with E-state index in [-0.39, 0.29) is 11.4 Å². The van der Waals surface area contributed by atoms with Crippen molar-refractivity contribution in [3.8, 4) is 11.5 Å². The first-order chi connectivity index (χ1) is 11.0. The predicted molar refractivity (Wildman–Crippen MR) is 82.5 cm³/mol. The molecule has 0 saturated carbocycles. The molecule has 0 fully saturated rings. The minimum Gasteiger partial charge on any atom is -0.486 e. The monoisotopic (exact) mass is 337 g/mol. The number of sulfonamides is 1. The molecule has 0 spiro atoms. The molecule has 0 N–H and O–H groups in total. The summed E-state index contributed by atoms with van der Waals surface area (Å²) in [5.41, 5.74) is 0.780. The SMILES string of the molecule is CN(Cc1ccc2c(c1)OCCO2)S(=O)(=O)c1ccc(F)cc1. The van der Waals surface area contributed by atoms with Gasteiger partial charge in [-0.15, -0.1) is 0 Å². The second kappa shape index (κ2) is 6.17. The van der Waals surface area contributed by atoms with E-state index in [0.29, 0.717) is 24.7 Å². The first-order valence-electron chi connectivity index (χ1n) is 7.07. The third kappa shape index (κ3) is 3.30. The van der Waals surface area contributed by atoms with Gasteiger partial charge in [0.2, 0.25) is 10.0 Å². The Hall–Kier alpha value is -2.12. The number of rotatable bonds is 4. The molecular weight excluding hydrogens is 321 g/mol. The average molecular weight is 337 g/mol. The summed E-state index contributed by atoms with van der Waals surface area (Å²) >= 11 is 0. The Labute approximate surface area is 134 Å². The minimum atomic E-state index is -3.68. The van der Waals surface area contributed by atoms with E-state index in [0.717, 1.165) is 17.7 Å². The lowest BCUT2D eigenvalue weighted by Gasteiger charge is -2.21. The van der Waals surface area contributed by atoms with Gasteiger partial charge in [-0.3, -0.25) is 0 Å². The summed E-state index contributed by atoms with van der Waals surface area (Å²) in [5, 5.41) is 0. The van der Waals surface area contributed by atoms with Gasteiger partial charge < -0.3 is 9.47 Å². The summed E-state index contributed by atoms with van der Waals surface area (Å²) in [5.74, 6) is 0.795. The molecular formula is C16H16FNO4S. The smallest absolute Gasteiger partial charge is 0.243 e. The topological polar surface area (TPSA) is 55.8 Å². The molecule has 0 amide bonds. The Balaban J connectivity index is 1.80. The zero-order chi connectivity index (χ0) is 16.4. The van der Waals surface area contributed by atoms with Crippen LogP contribution in [0.4, 0.5) is 4.39 Å². The van der Waals surface area contributed by atoms with E-state index in [2.05, 4.69) is 0 Å². The van der Waals surface area contributed by atoms with Gasteiger partial charge in [0.15, 0.2) is 11.5 Å². The van der Waals surface area contributed by atoms with E-state index >= 15 is 0 Å². The molecule has 0 atom stereocenters. The van der Waals surface area contributed by atoms with Gasteiger partial charge in [0.25, 0.3) is 0 Å². The molecule has 122 valence electrons. The molecule has 0 unspecified atom stereocenters. The van der Waals surface area contributed by atoms with Gasteiger partial charge in [0, 0.05) is 13.6 Å². The largest absolute Gasteiger partial charge is 0.486 e. The molecule has 0 aromatic heterocycles. The molecule has 2 aromatic carbocycles. The number of halogens is 1. The molecule has 0 radical (unpaired) electrons. The Morgan fingerprint density at radius 1 is 1.04 bits per heavy atom. The molecule has 5 nitrogen and oxygen atoms in total. The van der Waals surface area contributed by atoms with Crippen molar-refractivity contribution in [1.82, 2.24) is 4.31 Å². The summed E-state index contributed by atoms with van der Waals surface area (Å²) in [6.07, 6.45) is 0. The standard InChI is InChI=1S/C16H16FNO4S/c1-18(23(19,20)14-5-3-13(17)4-6-14)11-12-2-7-15-16(10-12)22-9-8-21-15/h2-7,10H,8-9,11H2,1H3. The van der Waals surface area contributed by atoms with E-state index in [1.807, 2.05) is 0 Å². The highest BCUT2D eigenvalue weighted by atomic mass is 32.2. The van der Waals surface area contributed by atoms with Crippen molar-refractivity contribution in [2.75, 3.05) is 20.3 Å². The fourth-order valence-corrected chi connectivity index (χ4v) is 3.47. The van der Waals surface area contributed by atoms with Gasteiger partial charge in [0.05, 0.1) is 4.90 Å². The summed E-state index contributed by atoms with van der Waals surface area (Å²) in [4.78, 5) is 0.0546. The van der Waals surface area contributed by atoms with Gasteiger partial charge in [-0.2, -0.15) is 4.31 Å². The van der Waals surface area contributed by atoms with Crippen molar-refractivity contribution < 1.29 is 22.3 Å². The van der Waals surface area contributed by atoms with E-state index in [1.165, 1.54) is 23.5 Å². The molecule has 2 aromatic rings. The Morgan fingerprint density at radius 2 is 1.70 bits per heavy atom. The van der Waals surface area contributed by atoms with E-state index < -0.39 is 15.8 Å². The minimum absolute atomic E-state index is 0.0546. The second-order valence-electron chi connectivity index (χ2n) is 5.19. The third-order valence-electron chi connectivity index (χ3n) is 3.53. The van der Waals surface area contributed by atoms with Gasteiger partial charge in [-0.1, -0.05) is 6.07 Å². The number of fused-ring (bicyclic) bond motifs is 1. The molecule has 0 aliphatic carbocycles. The van der Waals surface area contributed by atoms with Crippen LogP contribution in [-0.2, 0) is 16.6 Å². The maximum Gasteiger partial charge on any atom is 0.243 e. The van der Waals surface area contributed by atoms with Crippen LogP contribution in [0.3, 0.4) is 0 Å². The zero-order valence-corrected chi connectivity index (χ0v) is 13.3. The highest BCUT2D eigenvalue weighted by molar-refractivity contribution is 7.89. The molecule has 7 heteroatoms. The van der Waals surface area contributed by atoms with Gasteiger partial charge in [-0.05, 0) is 42.0 Å². The Kier molecular flexibility index (Phi) is 4.23. The van der Waals surface area contributed by atoms with Gasteiger partial charge in [-0.25, -0.2) is 12.8 Å². The zero-order valence-electron chi connectivity index (χ0n) is 12.5. The van der Waals surface area contributed by atoms with Crippen molar-refractivity contribution in [3.63, 3.8) is 0 Å². The number of nitrogens with zero attached hydrogens (tertiary/aromatic N) is 1. The lowest BCUT2D eigenvalue weighted by Crippen LogP contribution is -2.26. The lowest BCUT2D eigenvalue weighted by atomic mass is 10.2. The molecule has 0 saturated heterocycles. The Morgan fingerprint density at radius 3 is 2.39 bits per heavy atom. The van der Waals surface area contributed by atoms with Crippen LogP contribution in [0.25, 0.3) is 0 Å². The fraction of sp³-hybridized carbons (Fsp3) is 0.250. The van der Waals surface area contributed by atoms with Crippen molar-refractivity contribution >= 4 is 10.0 Å². The number of ether oxygens (including phenoxy) is 2. The van der Waals surface area contributed by atoms with Crippen LogP contribution >= 0.6 is 0 Å². The Bertz CT molecular complexity index is 805. The van der Waals surface area contributed by atoms with Crippen LogP contribution in [-0.4, -0.2) is 33.0 Å². The number of hydrogen-bond acceptors (Lipinski definition) is 4. The average Bonchev–Trinajstić information content (AvgIpc) is 2.55. The van der Waals surface area contributed by atoms with Crippen molar-refractivity contribution in [2.24, 2.45) is 0 Å². The highest BCUT2D eigenvalue weighted by Crippen LogP contribution is 2.31. The quantitative estimate of drug-likeness (QED) is 0.860. The summed E-state index contributed by atoms with van der Waals surface area (Å²) in [7, 11) is -2.20. The second-order valence-corrected chi connectivity index (χ2v) is 7.24. The number of benzene rings is 2. The molecule has 1 aliphatic rings. The van der Waals surface area contributed by atoms with Crippen molar-refractivity contribution in [2.45, 2.75) is 11.4 Å². The first kappa shape index (κ1) is 15.8. The van der Waals surface area contributed by atoms with Gasteiger partial charge in [0.1, 0.15) is 19.0 Å². The molecule has 0 bridgehead atoms. The lowest BCUT2D eigenvalue weighted by molar-refractivity contribution is 0.171. The normalized spacial score (nSPS) is 14.0. The van der Waals surface area contributed by atoms with Crippen LogP contribution in [0, 0.1) is 5.82 Å². The maximum absolute atomic E-state index is 12.9. The summed E-state index contributed by atoms with van der Waals surface area (Å²) < 4.78 is 50.1. The fourth-order valence-electron chi connectivity index (χ4n) is 2.31. The van der Waals surface area contributed by atoms with Crippen molar-refractivity contribution in [3.05, 3.63) is 53.8 Å². The van der Waals surface area contributed by atoms with Crippen LogP contribution in [0.15, 0.2) is 47.4 Å². The van der Waals surface area contributed by atoms with Crippen LogP contribution in [0.2, 0.25) is 0 Å². The number of hydrogen-bond donors (Lipinski definition) is 0. The van der Waals surface area contributed by atoms with Crippen LogP contribution < -0.4 is 9.47 Å². The summed E-state index contributed by atoms with van der Waals surface area (Å²) in [6.45, 7) is 1.15. The summed E-state index contributed by atoms with van der Waals surface area (Å²) in [6, 6.07) is 10.1. The maximum atomic E-state index is 12.9. The molecule has 1 aliphatic heterocycles. The highest BCUT2D eigenvalue weighted by Gasteiger charge is 2.21. The molecule has 3 rings (SSSR count). The van der Waals surface area contributed by atoms with Gasteiger partial charge >= 0.3 is 0 Å².